The monoisotopic (exact) mass is 391 g/mol. The summed E-state index contributed by atoms with van der Waals surface area (Å²) in [6.07, 6.45) is 1.66. The molecule has 0 aliphatic heterocycles. The van der Waals surface area contributed by atoms with Crippen LogP contribution in [0.15, 0.2) is 59.2 Å². The van der Waals surface area contributed by atoms with Gasteiger partial charge in [-0.25, -0.2) is 0 Å². The summed E-state index contributed by atoms with van der Waals surface area (Å²) in [6.45, 7) is 1.62. The Kier molecular flexibility index (Phi) is 6.45. The van der Waals surface area contributed by atoms with Crippen LogP contribution >= 0.6 is 23.2 Å². The maximum absolute atomic E-state index is 6.18. The zero-order valence-corrected chi connectivity index (χ0v) is 15.8. The number of hydrogen-bond donors (Lipinski definition) is 1. The molecule has 0 amide bonds. The van der Waals surface area contributed by atoms with Gasteiger partial charge in [0, 0.05) is 22.2 Å². The first-order valence-electron chi connectivity index (χ1n) is 8.13. The van der Waals surface area contributed by atoms with Gasteiger partial charge in [0.05, 0.1) is 19.9 Å². The first-order valence-corrected chi connectivity index (χ1v) is 8.88. The van der Waals surface area contributed by atoms with Gasteiger partial charge < -0.3 is 19.2 Å². The molecule has 0 aliphatic rings. The summed E-state index contributed by atoms with van der Waals surface area (Å²) in [6, 6.07) is 15.0. The van der Waals surface area contributed by atoms with Crippen molar-refractivity contribution in [2.75, 3.05) is 7.11 Å². The van der Waals surface area contributed by atoms with E-state index in [0.717, 1.165) is 16.9 Å². The molecule has 0 saturated heterocycles. The zero-order chi connectivity index (χ0) is 18.4. The molecule has 1 heterocycles. The van der Waals surface area contributed by atoms with Gasteiger partial charge in [0.2, 0.25) is 0 Å². The summed E-state index contributed by atoms with van der Waals surface area (Å²) in [5.74, 6) is 2.19. The van der Waals surface area contributed by atoms with Gasteiger partial charge in [0.15, 0.2) is 11.5 Å². The number of rotatable bonds is 8. The van der Waals surface area contributed by atoms with Crippen LogP contribution in [0.5, 0.6) is 11.5 Å². The summed E-state index contributed by atoms with van der Waals surface area (Å²) in [7, 11) is 1.62. The maximum atomic E-state index is 6.18. The van der Waals surface area contributed by atoms with E-state index in [9.17, 15) is 0 Å². The highest BCUT2D eigenvalue weighted by Gasteiger charge is 2.10. The molecule has 0 unspecified atom stereocenters. The number of benzene rings is 2. The first-order chi connectivity index (χ1) is 12.7. The molecule has 1 aromatic heterocycles. The van der Waals surface area contributed by atoms with Crippen molar-refractivity contribution < 1.29 is 13.9 Å². The van der Waals surface area contributed by atoms with Crippen LogP contribution < -0.4 is 14.8 Å². The van der Waals surface area contributed by atoms with Crippen LogP contribution in [0.4, 0.5) is 0 Å². The average molecular weight is 392 g/mol. The second-order valence-corrected chi connectivity index (χ2v) is 6.47. The molecular weight excluding hydrogens is 373 g/mol. The molecule has 26 heavy (non-hydrogen) atoms. The molecule has 0 fully saturated rings. The highest BCUT2D eigenvalue weighted by molar-refractivity contribution is 6.35. The molecule has 1 N–H and O–H groups in total. The lowest BCUT2D eigenvalue weighted by Gasteiger charge is -2.14. The van der Waals surface area contributed by atoms with Gasteiger partial charge in [-0.1, -0.05) is 35.3 Å². The molecule has 3 rings (SSSR count). The van der Waals surface area contributed by atoms with Crippen LogP contribution in [0.2, 0.25) is 10.0 Å². The minimum atomic E-state index is 0.269. The Morgan fingerprint density at radius 1 is 0.962 bits per heavy atom. The van der Waals surface area contributed by atoms with E-state index in [2.05, 4.69) is 5.32 Å². The molecule has 0 atom stereocenters. The van der Waals surface area contributed by atoms with Gasteiger partial charge in [-0.2, -0.15) is 0 Å². The smallest absolute Gasteiger partial charge is 0.161 e. The molecular formula is C20H19Cl2NO3. The van der Waals surface area contributed by atoms with Gasteiger partial charge in [0.25, 0.3) is 0 Å². The number of methoxy groups -OCH3 is 1. The van der Waals surface area contributed by atoms with Crippen molar-refractivity contribution in [2.45, 2.75) is 19.7 Å². The molecule has 0 spiro atoms. The Bertz CT molecular complexity index is 830. The quantitative estimate of drug-likeness (QED) is 0.553. The fourth-order valence-electron chi connectivity index (χ4n) is 2.50. The minimum absolute atomic E-state index is 0.269. The average Bonchev–Trinajstić information content (AvgIpc) is 3.15. The second-order valence-electron chi connectivity index (χ2n) is 5.66. The number of furan rings is 1. The molecule has 136 valence electrons. The molecule has 0 saturated carbocycles. The van der Waals surface area contributed by atoms with Crippen molar-refractivity contribution in [3.05, 3.63) is 81.7 Å². The van der Waals surface area contributed by atoms with Crippen molar-refractivity contribution in [1.29, 1.82) is 0 Å². The lowest BCUT2D eigenvalue weighted by molar-refractivity contribution is 0.284. The van der Waals surface area contributed by atoms with Crippen LogP contribution in [0, 0.1) is 0 Å². The predicted molar refractivity (Wildman–Crippen MR) is 103 cm³/mol. The molecule has 6 heteroatoms. The van der Waals surface area contributed by atoms with Crippen LogP contribution in [0.3, 0.4) is 0 Å². The topological polar surface area (TPSA) is 43.6 Å². The summed E-state index contributed by atoms with van der Waals surface area (Å²) in [5.41, 5.74) is 1.83. The third-order valence-corrected chi connectivity index (χ3v) is 4.58. The Balaban J connectivity index is 1.63. The van der Waals surface area contributed by atoms with E-state index in [1.165, 1.54) is 0 Å². The van der Waals surface area contributed by atoms with Gasteiger partial charge in [0.1, 0.15) is 12.4 Å². The van der Waals surface area contributed by atoms with E-state index in [1.54, 1.807) is 31.6 Å². The second kappa shape index (κ2) is 8.99. The fourth-order valence-corrected chi connectivity index (χ4v) is 3.01. The predicted octanol–water partition coefficient (Wildman–Crippen LogP) is 5.46. The Hall–Kier alpha value is -2.14. The SMILES string of the molecule is COc1cc(CNCc2ccco2)ccc1OCc1c(Cl)cccc1Cl. The Morgan fingerprint density at radius 3 is 2.46 bits per heavy atom. The van der Waals surface area contributed by atoms with Crippen molar-refractivity contribution in [3.8, 4) is 11.5 Å². The highest BCUT2D eigenvalue weighted by Crippen LogP contribution is 2.31. The van der Waals surface area contributed by atoms with Gasteiger partial charge >= 0.3 is 0 Å². The zero-order valence-electron chi connectivity index (χ0n) is 14.3. The van der Waals surface area contributed by atoms with Gasteiger partial charge in [-0.05, 0) is 42.0 Å². The summed E-state index contributed by atoms with van der Waals surface area (Å²) in [4.78, 5) is 0. The Morgan fingerprint density at radius 2 is 1.77 bits per heavy atom. The van der Waals surface area contributed by atoms with Crippen LogP contribution in [0.1, 0.15) is 16.9 Å². The van der Waals surface area contributed by atoms with Crippen LogP contribution in [0.25, 0.3) is 0 Å². The highest BCUT2D eigenvalue weighted by atomic mass is 35.5. The normalized spacial score (nSPS) is 10.7. The summed E-state index contributed by atoms with van der Waals surface area (Å²) < 4.78 is 16.6. The fraction of sp³-hybridized carbons (Fsp3) is 0.200. The lowest BCUT2D eigenvalue weighted by atomic mass is 10.2. The number of ether oxygens (including phenoxy) is 2. The number of hydrogen-bond acceptors (Lipinski definition) is 4. The van der Waals surface area contributed by atoms with Crippen molar-refractivity contribution >= 4 is 23.2 Å². The third kappa shape index (κ3) is 4.73. The van der Waals surface area contributed by atoms with E-state index in [1.807, 2.05) is 30.3 Å². The van der Waals surface area contributed by atoms with Crippen molar-refractivity contribution in [1.82, 2.24) is 5.32 Å². The molecule has 4 nitrogen and oxygen atoms in total. The summed E-state index contributed by atoms with van der Waals surface area (Å²) in [5, 5.41) is 4.48. The van der Waals surface area contributed by atoms with E-state index in [4.69, 9.17) is 37.1 Å². The number of halogens is 2. The van der Waals surface area contributed by atoms with Crippen molar-refractivity contribution in [3.63, 3.8) is 0 Å². The molecule has 2 aromatic carbocycles. The van der Waals surface area contributed by atoms with Crippen molar-refractivity contribution in [2.24, 2.45) is 0 Å². The van der Waals surface area contributed by atoms with Gasteiger partial charge in [-0.3, -0.25) is 0 Å². The van der Waals surface area contributed by atoms with Crippen LogP contribution in [-0.4, -0.2) is 7.11 Å². The standard InChI is InChI=1S/C20H19Cl2NO3/c1-24-20-10-14(11-23-12-15-4-3-9-25-15)7-8-19(20)26-13-16-17(21)5-2-6-18(16)22/h2-10,23H,11-13H2,1H3. The Labute approximate surface area is 162 Å². The largest absolute Gasteiger partial charge is 0.493 e. The first kappa shape index (κ1) is 18.6. The maximum Gasteiger partial charge on any atom is 0.161 e. The van der Waals surface area contributed by atoms with E-state index >= 15 is 0 Å². The number of nitrogens with one attached hydrogen (secondary N) is 1. The van der Waals surface area contributed by atoms with Crippen LogP contribution in [-0.2, 0) is 19.7 Å². The molecule has 0 bridgehead atoms. The lowest BCUT2D eigenvalue weighted by Crippen LogP contribution is -2.12. The minimum Gasteiger partial charge on any atom is -0.493 e. The molecule has 3 aromatic rings. The molecule has 0 radical (unpaired) electrons. The van der Waals surface area contributed by atoms with E-state index < -0.39 is 0 Å². The summed E-state index contributed by atoms with van der Waals surface area (Å²) >= 11 is 12.4. The third-order valence-electron chi connectivity index (χ3n) is 3.87. The van der Waals surface area contributed by atoms with E-state index in [-0.39, 0.29) is 6.61 Å². The molecule has 0 aliphatic carbocycles. The van der Waals surface area contributed by atoms with Gasteiger partial charge in [-0.15, -0.1) is 0 Å². The van der Waals surface area contributed by atoms with E-state index in [0.29, 0.717) is 34.6 Å².